The summed E-state index contributed by atoms with van der Waals surface area (Å²) in [7, 11) is 3.20. The summed E-state index contributed by atoms with van der Waals surface area (Å²) in [5, 5.41) is 8.81. The fraction of sp³-hybridized carbons (Fsp3) is 0.533. The molecule has 0 radical (unpaired) electrons. The zero-order valence-electron chi connectivity index (χ0n) is 12.6. The Morgan fingerprint density at radius 1 is 1.25 bits per heavy atom. The topological polar surface area (TPSA) is 55.8 Å². The molecule has 0 amide bonds. The van der Waals surface area contributed by atoms with Crippen LogP contribution in [-0.2, 0) is 10.5 Å². The minimum atomic E-state index is -0.761. The molecule has 0 heterocycles. The lowest BCUT2D eigenvalue weighted by Crippen LogP contribution is -2.22. The number of benzene rings is 1. The molecule has 0 aliphatic rings. The van der Waals surface area contributed by atoms with Gasteiger partial charge in [-0.05, 0) is 36.1 Å². The van der Waals surface area contributed by atoms with E-state index >= 15 is 0 Å². The molecule has 112 valence electrons. The van der Waals surface area contributed by atoms with Crippen molar-refractivity contribution in [2.45, 2.75) is 31.8 Å². The third-order valence-corrected chi connectivity index (χ3v) is 4.69. The van der Waals surface area contributed by atoms with Gasteiger partial charge in [-0.15, -0.1) is 11.8 Å². The first-order chi connectivity index (χ1) is 9.40. The maximum atomic E-state index is 11.2. The van der Waals surface area contributed by atoms with Gasteiger partial charge in [-0.1, -0.05) is 13.8 Å². The van der Waals surface area contributed by atoms with E-state index in [1.165, 1.54) is 11.8 Å². The van der Waals surface area contributed by atoms with Crippen LogP contribution in [0.2, 0.25) is 0 Å². The molecule has 1 aromatic carbocycles. The van der Waals surface area contributed by atoms with Crippen LogP contribution in [0, 0.1) is 12.8 Å². The van der Waals surface area contributed by atoms with Crippen molar-refractivity contribution in [1.29, 1.82) is 0 Å². The summed E-state index contributed by atoms with van der Waals surface area (Å²) in [4.78, 5) is 11.2. The molecule has 5 heteroatoms. The van der Waals surface area contributed by atoms with E-state index in [1.807, 2.05) is 32.9 Å². The number of aryl methyl sites for hydroxylation is 1. The van der Waals surface area contributed by atoms with Crippen molar-refractivity contribution in [3.05, 3.63) is 23.3 Å². The van der Waals surface area contributed by atoms with Gasteiger partial charge in [0.15, 0.2) is 11.5 Å². The summed E-state index contributed by atoms with van der Waals surface area (Å²) in [6.07, 6.45) is 0. The van der Waals surface area contributed by atoms with Crippen molar-refractivity contribution in [3.8, 4) is 11.5 Å². The molecule has 0 saturated heterocycles. The Bertz CT molecular complexity index is 471. The van der Waals surface area contributed by atoms with E-state index in [0.29, 0.717) is 17.3 Å². The molecule has 4 nitrogen and oxygen atoms in total. The molecule has 20 heavy (non-hydrogen) atoms. The van der Waals surface area contributed by atoms with Gasteiger partial charge in [0, 0.05) is 5.75 Å². The fourth-order valence-electron chi connectivity index (χ4n) is 1.91. The Hall–Kier alpha value is -1.36. The normalized spacial score (nSPS) is 12.3. The molecule has 0 aromatic heterocycles. The smallest absolute Gasteiger partial charge is 0.316 e. The van der Waals surface area contributed by atoms with E-state index in [9.17, 15) is 9.90 Å². The number of rotatable bonds is 7. The maximum absolute atomic E-state index is 11.2. The number of ether oxygens (including phenoxy) is 2. The third kappa shape index (κ3) is 4.07. The summed E-state index contributed by atoms with van der Waals surface area (Å²) in [6.45, 7) is 5.84. The first kappa shape index (κ1) is 16.7. The molecule has 1 aromatic rings. The maximum Gasteiger partial charge on any atom is 0.316 e. The van der Waals surface area contributed by atoms with Crippen LogP contribution in [0.1, 0.15) is 25.0 Å². The van der Waals surface area contributed by atoms with E-state index in [4.69, 9.17) is 9.47 Å². The summed E-state index contributed by atoms with van der Waals surface area (Å²) < 4.78 is 10.5. The Morgan fingerprint density at radius 2 is 1.80 bits per heavy atom. The highest BCUT2D eigenvalue weighted by molar-refractivity contribution is 7.99. The van der Waals surface area contributed by atoms with Crippen LogP contribution in [0.5, 0.6) is 11.5 Å². The summed E-state index contributed by atoms with van der Waals surface area (Å²) >= 11 is 1.44. The lowest BCUT2D eigenvalue weighted by atomic mass is 10.1. The van der Waals surface area contributed by atoms with Crippen LogP contribution in [-0.4, -0.2) is 30.5 Å². The molecule has 1 atom stereocenters. The predicted molar refractivity (Wildman–Crippen MR) is 81.8 cm³/mol. The second-order valence-electron chi connectivity index (χ2n) is 4.95. The van der Waals surface area contributed by atoms with Gasteiger partial charge in [0.2, 0.25) is 0 Å². The van der Waals surface area contributed by atoms with Crippen molar-refractivity contribution in [2.75, 3.05) is 14.2 Å². The van der Waals surface area contributed by atoms with Crippen molar-refractivity contribution in [1.82, 2.24) is 0 Å². The Kier molecular flexibility index (Phi) is 6.20. The van der Waals surface area contributed by atoms with Crippen molar-refractivity contribution < 1.29 is 19.4 Å². The molecule has 0 spiro atoms. The van der Waals surface area contributed by atoms with E-state index in [0.717, 1.165) is 11.1 Å². The first-order valence-electron chi connectivity index (χ1n) is 6.46. The summed E-state index contributed by atoms with van der Waals surface area (Å²) in [6, 6.07) is 3.83. The van der Waals surface area contributed by atoms with Gasteiger partial charge in [0.05, 0.1) is 14.2 Å². The van der Waals surface area contributed by atoms with Crippen LogP contribution < -0.4 is 9.47 Å². The standard InChI is InChI=1S/C15H22O4S/c1-9(2)14(15(16)17)20-8-11-7-13(19-5)12(18-4)6-10(11)3/h6-7,9,14H,8H2,1-5H3,(H,16,17). The molecule has 1 N–H and O–H groups in total. The van der Waals surface area contributed by atoms with Gasteiger partial charge in [-0.25, -0.2) is 0 Å². The van der Waals surface area contributed by atoms with Crippen LogP contribution in [0.4, 0.5) is 0 Å². The molecule has 0 aliphatic carbocycles. The minimum absolute atomic E-state index is 0.0953. The number of methoxy groups -OCH3 is 2. The van der Waals surface area contributed by atoms with Gasteiger partial charge in [-0.3, -0.25) is 4.79 Å². The van der Waals surface area contributed by atoms with Gasteiger partial charge < -0.3 is 14.6 Å². The van der Waals surface area contributed by atoms with E-state index in [2.05, 4.69) is 0 Å². The van der Waals surface area contributed by atoms with E-state index < -0.39 is 11.2 Å². The Balaban J connectivity index is 2.90. The summed E-state index contributed by atoms with van der Waals surface area (Å²) in [5.74, 6) is 1.34. The Labute approximate surface area is 124 Å². The van der Waals surface area contributed by atoms with Crippen molar-refractivity contribution in [2.24, 2.45) is 5.92 Å². The van der Waals surface area contributed by atoms with Crippen LogP contribution >= 0.6 is 11.8 Å². The van der Waals surface area contributed by atoms with E-state index in [1.54, 1.807) is 14.2 Å². The molecule has 0 bridgehead atoms. The van der Waals surface area contributed by atoms with Gasteiger partial charge in [0.1, 0.15) is 5.25 Å². The molecule has 1 unspecified atom stereocenters. The number of aliphatic carboxylic acids is 1. The molecule has 0 saturated carbocycles. The number of hydrogen-bond acceptors (Lipinski definition) is 4. The van der Waals surface area contributed by atoms with Crippen LogP contribution in [0.3, 0.4) is 0 Å². The lowest BCUT2D eigenvalue weighted by Gasteiger charge is -2.17. The molecular formula is C15H22O4S. The Morgan fingerprint density at radius 3 is 2.25 bits per heavy atom. The van der Waals surface area contributed by atoms with Gasteiger partial charge in [-0.2, -0.15) is 0 Å². The van der Waals surface area contributed by atoms with Crippen molar-refractivity contribution >= 4 is 17.7 Å². The second kappa shape index (κ2) is 7.43. The molecular weight excluding hydrogens is 276 g/mol. The number of carboxylic acids is 1. The number of hydrogen-bond donors (Lipinski definition) is 1. The van der Waals surface area contributed by atoms with E-state index in [-0.39, 0.29) is 5.92 Å². The fourth-order valence-corrected chi connectivity index (χ4v) is 3.10. The molecule has 0 fully saturated rings. The highest BCUT2D eigenvalue weighted by Gasteiger charge is 2.22. The van der Waals surface area contributed by atoms with Crippen LogP contribution in [0.15, 0.2) is 12.1 Å². The minimum Gasteiger partial charge on any atom is -0.493 e. The number of carboxylic acid groups (broad SMARTS) is 1. The molecule has 1 rings (SSSR count). The van der Waals surface area contributed by atoms with Crippen molar-refractivity contribution in [3.63, 3.8) is 0 Å². The largest absolute Gasteiger partial charge is 0.493 e. The lowest BCUT2D eigenvalue weighted by molar-refractivity contribution is -0.137. The molecule has 0 aliphatic heterocycles. The van der Waals surface area contributed by atoms with Crippen LogP contribution in [0.25, 0.3) is 0 Å². The number of carbonyl (C=O) groups is 1. The summed E-state index contributed by atoms with van der Waals surface area (Å²) in [5.41, 5.74) is 2.14. The highest BCUT2D eigenvalue weighted by Crippen LogP contribution is 2.33. The average molecular weight is 298 g/mol. The average Bonchev–Trinajstić information content (AvgIpc) is 2.39. The first-order valence-corrected chi connectivity index (χ1v) is 7.51. The zero-order chi connectivity index (χ0) is 15.3. The predicted octanol–water partition coefficient (Wildman–Crippen LogP) is 3.35. The number of thioether (sulfide) groups is 1. The zero-order valence-corrected chi connectivity index (χ0v) is 13.4. The van der Waals surface area contributed by atoms with Gasteiger partial charge in [0.25, 0.3) is 0 Å². The quantitative estimate of drug-likeness (QED) is 0.836. The SMILES string of the molecule is COc1cc(C)c(CSC(C(=O)O)C(C)C)cc1OC. The monoisotopic (exact) mass is 298 g/mol. The highest BCUT2D eigenvalue weighted by atomic mass is 32.2. The second-order valence-corrected chi connectivity index (χ2v) is 6.08. The third-order valence-electron chi connectivity index (χ3n) is 3.11. The van der Waals surface area contributed by atoms with Gasteiger partial charge >= 0.3 is 5.97 Å².